The molecule has 2 aromatic carbocycles. The Hall–Kier alpha value is -3.77. The molecule has 188 valence electrons. The maximum absolute atomic E-state index is 13.3. The van der Waals surface area contributed by atoms with E-state index in [4.69, 9.17) is 4.74 Å². The van der Waals surface area contributed by atoms with Crippen molar-refractivity contribution in [3.05, 3.63) is 65.1 Å². The summed E-state index contributed by atoms with van der Waals surface area (Å²) in [5.41, 5.74) is 1.18. The van der Waals surface area contributed by atoms with Gasteiger partial charge in [0, 0.05) is 49.9 Å². The Morgan fingerprint density at radius 1 is 1.14 bits per heavy atom. The van der Waals surface area contributed by atoms with Crippen LogP contribution in [0, 0.1) is 5.82 Å². The van der Waals surface area contributed by atoms with Gasteiger partial charge in [0.15, 0.2) is 5.75 Å². The summed E-state index contributed by atoms with van der Waals surface area (Å²) in [6.45, 7) is 0.823. The zero-order valence-electron chi connectivity index (χ0n) is 19.3. The molecular formula is C24H23FN4O6S. The lowest BCUT2D eigenvalue weighted by atomic mass is 10.0. The van der Waals surface area contributed by atoms with E-state index >= 15 is 0 Å². The number of carbonyl (C=O) groups excluding carboxylic acids is 2. The number of amides is 2. The number of benzene rings is 2. The van der Waals surface area contributed by atoms with Crippen LogP contribution in [0.1, 0.15) is 21.5 Å². The first-order valence-electron chi connectivity index (χ1n) is 11.2. The van der Waals surface area contributed by atoms with E-state index in [-0.39, 0.29) is 61.8 Å². The molecule has 1 saturated heterocycles. The maximum Gasteiger partial charge on any atom is 0.415 e. The molecule has 3 heterocycles. The van der Waals surface area contributed by atoms with Gasteiger partial charge in [0.2, 0.25) is 10.0 Å². The molecule has 1 N–H and O–H groups in total. The van der Waals surface area contributed by atoms with E-state index in [2.05, 4.69) is 4.98 Å². The summed E-state index contributed by atoms with van der Waals surface area (Å²) >= 11 is 0. The number of aromatic hydroxyl groups is 1. The molecule has 1 aromatic heterocycles. The van der Waals surface area contributed by atoms with E-state index in [1.165, 1.54) is 32.4 Å². The second-order valence-corrected chi connectivity index (χ2v) is 10.7. The van der Waals surface area contributed by atoms with Crippen molar-refractivity contribution in [1.82, 2.24) is 19.1 Å². The second-order valence-electron chi connectivity index (χ2n) is 8.74. The Balaban J connectivity index is 1.46. The standard InChI is InChI=1S/C24H23FN4O6S/c1-36(33,34)29-11-9-27(10-12-29)24(32)35-22-17-3-2-8-26-20(17)21(30)19-18(22)14-28(23(19)31)13-15-4-6-16(25)7-5-15/h2-8,30H,9-14H2,1H3. The molecule has 0 unspecified atom stereocenters. The minimum Gasteiger partial charge on any atom is -0.505 e. The highest BCUT2D eigenvalue weighted by Crippen LogP contribution is 2.44. The molecule has 5 rings (SSSR count). The monoisotopic (exact) mass is 514 g/mol. The summed E-state index contributed by atoms with van der Waals surface area (Å²) in [5.74, 6) is -1.03. The van der Waals surface area contributed by atoms with Gasteiger partial charge in [-0.25, -0.2) is 17.6 Å². The SMILES string of the molecule is CS(=O)(=O)N1CCN(C(=O)Oc2c3c(c(O)c4ncccc24)C(=O)N(Cc2ccc(F)cc2)C3)CC1. The van der Waals surface area contributed by atoms with Crippen LogP contribution in [0.4, 0.5) is 9.18 Å². The third-order valence-corrected chi connectivity index (χ3v) is 7.68. The number of aromatic nitrogens is 1. The van der Waals surface area contributed by atoms with Gasteiger partial charge < -0.3 is 19.6 Å². The van der Waals surface area contributed by atoms with Gasteiger partial charge in [-0.2, -0.15) is 4.31 Å². The largest absolute Gasteiger partial charge is 0.505 e. The van der Waals surface area contributed by atoms with Crippen LogP contribution in [0.2, 0.25) is 0 Å². The van der Waals surface area contributed by atoms with Crippen molar-refractivity contribution in [3.63, 3.8) is 0 Å². The molecule has 2 aliphatic heterocycles. The highest BCUT2D eigenvalue weighted by molar-refractivity contribution is 7.88. The van der Waals surface area contributed by atoms with Crippen molar-refractivity contribution >= 4 is 32.9 Å². The van der Waals surface area contributed by atoms with Gasteiger partial charge in [-0.15, -0.1) is 0 Å². The Bertz CT molecular complexity index is 1470. The van der Waals surface area contributed by atoms with E-state index in [1.807, 2.05) is 0 Å². The summed E-state index contributed by atoms with van der Waals surface area (Å²) in [5, 5.41) is 11.3. The Morgan fingerprint density at radius 2 is 1.83 bits per heavy atom. The minimum atomic E-state index is -3.36. The molecule has 0 saturated carbocycles. The zero-order chi connectivity index (χ0) is 25.6. The van der Waals surface area contributed by atoms with Gasteiger partial charge in [-0.1, -0.05) is 12.1 Å². The van der Waals surface area contributed by atoms with Crippen LogP contribution in [0.3, 0.4) is 0 Å². The first kappa shape index (κ1) is 23.9. The van der Waals surface area contributed by atoms with E-state index in [1.54, 1.807) is 24.3 Å². The van der Waals surface area contributed by atoms with Crippen LogP contribution in [0.25, 0.3) is 10.9 Å². The number of hydrogen-bond donors (Lipinski definition) is 1. The van der Waals surface area contributed by atoms with E-state index in [0.29, 0.717) is 16.5 Å². The number of hydrogen-bond acceptors (Lipinski definition) is 7. The summed E-state index contributed by atoms with van der Waals surface area (Å²) in [4.78, 5) is 33.4. The van der Waals surface area contributed by atoms with Crippen molar-refractivity contribution in [3.8, 4) is 11.5 Å². The normalized spacial score (nSPS) is 16.4. The van der Waals surface area contributed by atoms with Crippen molar-refractivity contribution in [2.24, 2.45) is 0 Å². The highest BCUT2D eigenvalue weighted by atomic mass is 32.2. The van der Waals surface area contributed by atoms with Crippen LogP contribution in [0.15, 0.2) is 42.6 Å². The highest BCUT2D eigenvalue weighted by Gasteiger charge is 2.37. The number of piperazine rings is 1. The summed E-state index contributed by atoms with van der Waals surface area (Å²) < 4.78 is 43.9. The minimum absolute atomic E-state index is 0.00741. The number of pyridine rings is 1. The molecule has 0 aliphatic carbocycles. The van der Waals surface area contributed by atoms with Gasteiger partial charge in [-0.3, -0.25) is 9.78 Å². The van der Waals surface area contributed by atoms with Crippen LogP contribution in [-0.4, -0.2) is 77.0 Å². The van der Waals surface area contributed by atoms with Gasteiger partial charge in [0.05, 0.1) is 18.4 Å². The Morgan fingerprint density at radius 3 is 2.50 bits per heavy atom. The van der Waals surface area contributed by atoms with E-state index in [0.717, 1.165) is 6.26 Å². The van der Waals surface area contributed by atoms with Crippen molar-refractivity contribution < 1.29 is 32.2 Å². The van der Waals surface area contributed by atoms with E-state index in [9.17, 15) is 27.5 Å². The fraction of sp³-hybridized carbons (Fsp3) is 0.292. The zero-order valence-corrected chi connectivity index (χ0v) is 20.2. The molecule has 10 nitrogen and oxygen atoms in total. The predicted molar refractivity (Wildman–Crippen MR) is 127 cm³/mol. The molecule has 36 heavy (non-hydrogen) atoms. The van der Waals surface area contributed by atoms with Gasteiger partial charge in [0.25, 0.3) is 5.91 Å². The Labute approximate surface area is 206 Å². The number of phenolic OH excluding ortho intramolecular Hbond substituents is 1. The van der Waals surface area contributed by atoms with Crippen molar-refractivity contribution in [2.75, 3.05) is 32.4 Å². The van der Waals surface area contributed by atoms with Crippen molar-refractivity contribution in [1.29, 1.82) is 0 Å². The fourth-order valence-electron chi connectivity index (χ4n) is 4.53. The summed E-state index contributed by atoms with van der Waals surface area (Å²) in [6, 6.07) is 9.01. The van der Waals surface area contributed by atoms with Crippen LogP contribution in [0.5, 0.6) is 11.5 Å². The number of halogens is 1. The lowest BCUT2D eigenvalue weighted by Crippen LogP contribution is -2.51. The Kier molecular flexibility index (Phi) is 6.00. The van der Waals surface area contributed by atoms with Crippen LogP contribution >= 0.6 is 0 Å². The predicted octanol–water partition coefficient (Wildman–Crippen LogP) is 2.31. The molecule has 1 fully saturated rings. The number of ether oxygens (including phenoxy) is 1. The van der Waals surface area contributed by atoms with Gasteiger partial charge >= 0.3 is 6.09 Å². The molecule has 12 heteroatoms. The smallest absolute Gasteiger partial charge is 0.415 e. The number of phenols is 1. The number of sulfonamides is 1. The fourth-order valence-corrected chi connectivity index (χ4v) is 5.35. The number of rotatable bonds is 4. The summed E-state index contributed by atoms with van der Waals surface area (Å²) in [7, 11) is -3.36. The third-order valence-electron chi connectivity index (χ3n) is 6.38. The number of nitrogens with zero attached hydrogens (tertiary/aromatic N) is 4. The van der Waals surface area contributed by atoms with Crippen LogP contribution < -0.4 is 4.74 Å². The molecule has 2 amide bonds. The molecule has 0 spiro atoms. The average Bonchev–Trinajstić information content (AvgIpc) is 3.18. The third kappa shape index (κ3) is 4.33. The first-order valence-corrected chi connectivity index (χ1v) is 13.1. The molecule has 2 aliphatic rings. The van der Waals surface area contributed by atoms with Gasteiger partial charge in [-0.05, 0) is 29.8 Å². The molecule has 0 bridgehead atoms. The average molecular weight is 515 g/mol. The molecular weight excluding hydrogens is 491 g/mol. The lowest BCUT2D eigenvalue weighted by Gasteiger charge is -2.32. The number of carbonyl (C=O) groups is 2. The topological polar surface area (TPSA) is 120 Å². The van der Waals surface area contributed by atoms with Gasteiger partial charge in [0.1, 0.15) is 17.1 Å². The first-order chi connectivity index (χ1) is 17.1. The lowest BCUT2D eigenvalue weighted by molar-refractivity contribution is 0.0764. The molecule has 0 atom stereocenters. The molecule has 3 aromatic rings. The number of fused-ring (bicyclic) bond motifs is 2. The quantitative estimate of drug-likeness (QED) is 0.567. The second kappa shape index (κ2) is 9.03. The summed E-state index contributed by atoms with van der Waals surface area (Å²) in [6.07, 6.45) is 1.89. The van der Waals surface area contributed by atoms with E-state index < -0.39 is 27.8 Å². The molecule has 0 radical (unpaired) electrons. The maximum atomic E-state index is 13.3. The van der Waals surface area contributed by atoms with Crippen LogP contribution in [-0.2, 0) is 23.1 Å². The van der Waals surface area contributed by atoms with Crippen molar-refractivity contribution in [2.45, 2.75) is 13.1 Å².